The first-order valence-corrected chi connectivity index (χ1v) is 2.58. The van der Waals surface area contributed by atoms with Gasteiger partial charge in [-0.3, -0.25) is 0 Å². The van der Waals surface area contributed by atoms with Crippen LogP contribution in [0, 0.1) is 0 Å². The number of hydrogen-bond donors (Lipinski definition) is 0. The van der Waals surface area contributed by atoms with Crippen molar-refractivity contribution in [2.45, 2.75) is 5.03 Å². The van der Waals surface area contributed by atoms with Crippen LogP contribution in [0.1, 0.15) is 0 Å². The Bertz CT molecular complexity index is 113. The number of hydrogen-bond acceptors (Lipinski definition) is 4. The maximum atomic E-state index is 4.58. The molecule has 1 aromatic heterocycles. The van der Waals surface area contributed by atoms with Crippen LogP contribution in [-0.4, -0.2) is 9.59 Å². The summed E-state index contributed by atoms with van der Waals surface area (Å²) in [4.78, 5) is 0. The summed E-state index contributed by atoms with van der Waals surface area (Å²) < 4.78 is 3.51. The molecule has 0 aliphatic rings. The van der Waals surface area contributed by atoms with Gasteiger partial charge in [-0.15, -0.1) is 0 Å². The number of nitrogens with zero attached hydrogens (tertiary/aromatic N) is 2. The van der Waals surface area contributed by atoms with E-state index in [1.807, 2.05) is 0 Å². The maximum Gasteiger partial charge on any atom is 0.0123 e. The molecule has 0 saturated carbocycles. The summed E-state index contributed by atoms with van der Waals surface area (Å²) in [5.41, 5.74) is 0. The molecular weight excluding hydrogens is 116 g/mol. The van der Waals surface area contributed by atoms with E-state index in [1.54, 1.807) is 5.38 Å². The van der Waals surface area contributed by atoms with E-state index in [0.29, 0.717) is 5.03 Å². The van der Waals surface area contributed by atoms with Crippen LogP contribution >= 0.6 is 11.5 Å². The first-order chi connectivity index (χ1) is 2.89. The average Bonchev–Trinajstić information content (AvgIpc) is 1.86. The van der Waals surface area contributed by atoms with E-state index < -0.39 is 0 Å². The molecule has 0 aliphatic carbocycles. The van der Waals surface area contributed by atoms with Crippen LogP contribution in [0.2, 0.25) is 0 Å². The highest BCUT2D eigenvalue weighted by Crippen LogP contribution is 1.91. The monoisotopic (exact) mass is 117 g/mol. The quantitative estimate of drug-likeness (QED) is 0.461. The van der Waals surface area contributed by atoms with Gasteiger partial charge in [-0.05, 0) is 16.6 Å². The lowest BCUT2D eigenvalue weighted by Gasteiger charge is -1.85. The molecule has 0 unspecified atom stereocenters. The molecule has 0 aromatic carbocycles. The second kappa shape index (κ2) is 1.49. The van der Waals surface area contributed by atoms with Crippen LogP contribution in [0.4, 0.5) is 0 Å². The zero-order chi connectivity index (χ0) is 4.41. The molecule has 4 heteroatoms. The highest BCUT2D eigenvalue weighted by molar-refractivity contribution is 7.58. The fourth-order valence-electron chi connectivity index (χ4n) is 0.156. The van der Waals surface area contributed by atoms with Crippen molar-refractivity contribution in [3.05, 3.63) is 5.38 Å². The minimum absolute atomic E-state index is 0.583. The summed E-state index contributed by atoms with van der Waals surface area (Å²) in [5.74, 6) is 0. The smallest absolute Gasteiger partial charge is 0.0123 e. The first kappa shape index (κ1) is 3.95. The van der Waals surface area contributed by atoms with Crippen LogP contribution in [0.15, 0.2) is 10.4 Å². The molecule has 1 rings (SSSR count). The molecule has 2 nitrogen and oxygen atoms in total. The van der Waals surface area contributed by atoms with Gasteiger partial charge in [0.2, 0.25) is 0 Å². The Kier molecular flexibility index (Phi) is 0.979. The molecule has 6 heavy (non-hydrogen) atoms. The van der Waals surface area contributed by atoms with Gasteiger partial charge in [0.1, 0.15) is 0 Å². The van der Waals surface area contributed by atoms with E-state index in [-0.39, 0.29) is 0 Å². The third kappa shape index (κ3) is 0.636. The minimum atomic E-state index is 0.583. The van der Waals surface area contributed by atoms with Gasteiger partial charge in [0, 0.05) is 5.38 Å². The molecule has 0 amide bonds. The third-order valence-electron chi connectivity index (χ3n) is 0.340. The minimum Gasteiger partial charge on any atom is -0.758 e. The first-order valence-electron chi connectivity index (χ1n) is 1.33. The van der Waals surface area contributed by atoms with Gasteiger partial charge in [0.25, 0.3) is 0 Å². The summed E-state index contributed by atoms with van der Waals surface area (Å²) in [6, 6.07) is 0. The molecule has 0 bridgehead atoms. The predicted molar refractivity (Wildman–Crippen MR) is 25.5 cm³/mol. The zero-order valence-corrected chi connectivity index (χ0v) is 4.42. The van der Waals surface area contributed by atoms with E-state index in [0.717, 1.165) is 0 Å². The van der Waals surface area contributed by atoms with E-state index in [9.17, 15) is 0 Å². The van der Waals surface area contributed by atoms with Gasteiger partial charge >= 0.3 is 0 Å². The Morgan fingerprint density at radius 1 is 1.83 bits per heavy atom. The Balaban J connectivity index is 3.05. The molecule has 0 spiro atoms. The van der Waals surface area contributed by atoms with Gasteiger partial charge in [-0.1, -0.05) is 4.49 Å². The molecule has 0 aliphatic heterocycles. The summed E-state index contributed by atoms with van der Waals surface area (Å²) >= 11 is 5.86. The molecule has 1 heterocycles. The largest absolute Gasteiger partial charge is 0.758 e. The van der Waals surface area contributed by atoms with Crippen molar-refractivity contribution >= 4 is 24.2 Å². The number of aromatic nitrogens is 2. The molecule has 0 N–H and O–H groups in total. The topological polar surface area (TPSA) is 25.8 Å². The lowest BCUT2D eigenvalue weighted by molar-refractivity contribution is 1.04. The number of rotatable bonds is 0. The van der Waals surface area contributed by atoms with Crippen molar-refractivity contribution in [1.82, 2.24) is 9.59 Å². The molecule has 0 atom stereocenters. The molecule has 0 radical (unpaired) electrons. The van der Waals surface area contributed by atoms with Gasteiger partial charge in [-0.25, -0.2) is 0 Å². The van der Waals surface area contributed by atoms with Crippen molar-refractivity contribution < 1.29 is 0 Å². The summed E-state index contributed by atoms with van der Waals surface area (Å²) in [5, 5.41) is 5.80. The molecule has 0 saturated heterocycles. The second-order valence-electron chi connectivity index (χ2n) is 0.743. The van der Waals surface area contributed by atoms with Gasteiger partial charge in [0.05, 0.1) is 0 Å². The fraction of sp³-hybridized carbons (Fsp3) is 0. The summed E-state index contributed by atoms with van der Waals surface area (Å²) in [7, 11) is 0. The predicted octanol–water partition coefficient (Wildman–Crippen LogP) is 0.444. The van der Waals surface area contributed by atoms with Crippen molar-refractivity contribution in [3.8, 4) is 0 Å². The Morgan fingerprint density at radius 2 is 2.67 bits per heavy atom. The van der Waals surface area contributed by atoms with Crippen molar-refractivity contribution in [2.24, 2.45) is 0 Å². The maximum absolute atomic E-state index is 4.58. The van der Waals surface area contributed by atoms with Crippen molar-refractivity contribution in [1.29, 1.82) is 0 Å². The lowest BCUT2D eigenvalue weighted by Crippen LogP contribution is -1.64. The van der Waals surface area contributed by atoms with Crippen LogP contribution < -0.4 is 0 Å². The Morgan fingerprint density at radius 3 is 2.83 bits per heavy atom. The molecule has 1 aromatic rings. The second-order valence-corrected chi connectivity index (χ2v) is 1.77. The lowest BCUT2D eigenvalue weighted by atomic mass is 11.0. The van der Waals surface area contributed by atoms with Crippen LogP contribution in [0.25, 0.3) is 0 Å². The van der Waals surface area contributed by atoms with Crippen LogP contribution in [-0.2, 0) is 12.6 Å². The Labute approximate surface area is 44.8 Å². The fourth-order valence-corrected chi connectivity index (χ4v) is 0.697. The van der Waals surface area contributed by atoms with Crippen LogP contribution in [0.5, 0.6) is 0 Å². The van der Waals surface area contributed by atoms with E-state index in [1.165, 1.54) is 11.5 Å². The van der Waals surface area contributed by atoms with Gasteiger partial charge in [0.15, 0.2) is 0 Å². The highest BCUT2D eigenvalue weighted by Gasteiger charge is 1.68. The van der Waals surface area contributed by atoms with Gasteiger partial charge < -0.3 is 12.6 Å². The van der Waals surface area contributed by atoms with E-state index in [2.05, 4.69) is 22.2 Å². The summed E-state index contributed by atoms with van der Waals surface area (Å²) in [6.45, 7) is 0. The molecule has 0 fully saturated rings. The molecule has 32 valence electrons. The average molecular weight is 117 g/mol. The van der Waals surface area contributed by atoms with E-state index in [4.69, 9.17) is 0 Å². The van der Waals surface area contributed by atoms with Crippen LogP contribution in [0.3, 0.4) is 0 Å². The standard InChI is InChI=1S/C2H2N2S2/c5-2-1-6-4-3-2/h1,5H/p-1. The normalized spacial score (nSPS) is 8.67. The highest BCUT2D eigenvalue weighted by atomic mass is 32.1. The van der Waals surface area contributed by atoms with Crippen molar-refractivity contribution in [2.75, 3.05) is 0 Å². The SMILES string of the molecule is [S-]c1csnn1. The van der Waals surface area contributed by atoms with Crippen molar-refractivity contribution in [3.63, 3.8) is 0 Å². The van der Waals surface area contributed by atoms with Gasteiger partial charge in [-0.2, -0.15) is 5.10 Å². The van der Waals surface area contributed by atoms with E-state index >= 15 is 0 Å². The zero-order valence-electron chi connectivity index (χ0n) is 2.79. The third-order valence-corrected chi connectivity index (χ3v) is 1.19. The molecular formula is C2HN2S2-. The summed E-state index contributed by atoms with van der Waals surface area (Å²) in [6.07, 6.45) is 0. The Hall–Kier alpha value is -0.220.